The molecule has 1 heterocycles. The van der Waals surface area contributed by atoms with Gasteiger partial charge in [0.05, 0.1) is 16.7 Å². The summed E-state index contributed by atoms with van der Waals surface area (Å²) in [7, 11) is 0. The van der Waals surface area contributed by atoms with Gasteiger partial charge in [0.15, 0.2) is 0 Å². The van der Waals surface area contributed by atoms with Gasteiger partial charge in [-0.2, -0.15) is 0 Å². The maximum atomic E-state index is 12.9. The van der Waals surface area contributed by atoms with Crippen molar-refractivity contribution in [2.45, 2.75) is 12.3 Å². The number of hydrogen-bond donors (Lipinski definition) is 2. The van der Waals surface area contributed by atoms with Crippen molar-refractivity contribution < 1.29 is 4.39 Å². The molecule has 0 bridgehead atoms. The highest BCUT2D eigenvalue weighted by Gasteiger charge is 2.05. The first-order valence-electron chi connectivity index (χ1n) is 7.25. The molecule has 3 rings (SSSR count). The molecule has 0 radical (unpaired) electrons. The fraction of sp³-hybridized carbons (Fsp3) is 0.118. The van der Waals surface area contributed by atoms with E-state index in [-0.39, 0.29) is 11.4 Å². The lowest BCUT2D eigenvalue weighted by Crippen LogP contribution is -2.18. The van der Waals surface area contributed by atoms with Gasteiger partial charge in [0, 0.05) is 6.54 Å². The Bertz CT molecular complexity index is 925. The Labute approximate surface area is 147 Å². The van der Waals surface area contributed by atoms with E-state index >= 15 is 0 Å². The third kappa shape index (κ3) is 4.18. The molecule has 24 heavy (non-hydrogen) atoms. The van der Waals surface area contributed by atoms with Gasteiger partial charge in [0.2, 0.25) is 0 Å². The number of halogens is 1. The number of aromatic amines is 1. The first kappa shape index (κ1) is 16.6. The summed E-state index contributed by atoms with van der Waals surface area (Å²) in [6.45, 7) is 0.522. The second-order valence-corrected chi connectivity index (χ2v) is 6.74. The zero-order valence-electron chi connectivity index (χ0n) is 12.6. The first-order chi connectivity index (χ1) is 11.6. The van der Waals surface area contributed by atoms with Crippen LogP contribution in [0.5, 0.6) is 0 Å². The van der Waals surface area contributed by atoms with Crippen molar-refractivity contribution in [2.24, 2.45) is 0 Å². The van der Waals surface area contributed by atoms with Gasteiger partial charge in [-0.15, -0.1) is 0 Å². The molecule has 3 aromatic rings. The van der Waals surface area contributed by atoms with Crippen molar-refractivity contribution in [1.29, 1.82) is 0 Å². The van der Waals surface area contributed by atoms with Gasteiger partial charge in [-0.05, 0) is 29.8 Å². The van der Waals surface area contributed by atoms with E-state index in [1.165, 1.54) is 23.9 Å². The predicted octanol–water partition coefficient (Wildman–Crippen LogP) is 3.37. The summed E-state index contributed by atoms with van der Waals surface area (Å²) in [6.07, 6.45) is 0. The normalized spacial score (nSPS) is 10.7. The van der Waals surface area contributed by atoms with Crippen molar-refractivity contribution in [3.05, 3.63) is 76.1 Å². The second kappa shape index (κ2) is 7.55. The molecule has 0 saturated carbocycles. The van der Waals surface area contributed by atoms with Crippen LogP contribution in [0.2, 0.25) is 0 Å². The van der Waals surface area contributed by atoms with E-state index in [4.69, 9.17) is 12.2 Å². The largest absolute Gasteiger partial charge is 0.367 e. The quantitative estimate of drug-likeness (QED) is 0.700. The molecule has 1 aromatic heterocycles. The molecule has 0 amide bonds. The summed E-state index contributed by atoms with van der Waals surface area (Å²) >= 11 is 6.65. The molecule has 0 aliphatic carbocycles. The van der Waals surface area contributed by atoms with E-state index < -0.39 is 0 Å². The number of nitrogens with zero attached hydrogens (tertiary/aromatic N) is 1. The van der Waals surface area contributed by atoms with Gasteiger partial charge < -0.3 is 10.3 Å². The van der Waals surface area contributed by atoms with Gasteiger partial charge in [-0.25, -0.2) is 9.37 Å². The highest BCUT2D eigenvalue weighted by Crippen LogP contribution is 2.12. The van der Waals surface area contributed by atoms with E-state index in [1.54, 1.807) is 18.2 Å². The summed E-state index contributed by atoms with van der Waals surface area (Å²) in [5, 5.41) is 3.67. The average Bonchev–Trinajstić information content (AvgIpc) is 2.59. The Morgan fingerprint density at radius 2 is 1.96 bits per heavy atom. The minimum atomic E-state index is -0.262. The van der Waals surface area contributed by atoms with E-state index in [0.717, 1.165) is 5.56 Å². The molecule has 4 nitrogen and oxygen atoms in total. The smallest absolute Gasteiger partial charge is 0.258 e. The summed E-state index contributed by atoms with van der Waals surface area (Å²) in [5.41, 5.74) is 1.46. The maximum absolute atomic E-state index is 12.9. The lowest BCUT2D eigenvalue weighted by Gasteiger charge is -2.08. The summed E-state index contributed by atoms with van der Waals surface area (Å²) in [5.74, 6) is 0.784. The minimum absolute atomic E-state index is 0.151. The van der Waals surface area contributed by atoms with Crippen molar-refractivity contribution in [2.75, 3.05) is 0 Å². The van der Waals surface area contributed by atoms with Gasteiger partial charge in [-0.1, -0.05) is 48.2 Å². The zero-order chi connectivity index (χ0) is 16.9. The number of para-hydroxylation sites is 1. The van der Waals surface area contributed by atoms with Gasteiger partial charge >= 0.3 is 0 Å². The lowest BCUT2D eigenvalue weighted by molar-refractivity contribution is 0.627. The Morgan fingerprint density at radius 3 is 2.75 bits per heavy atom. The predicted molar refractivity (Wildman–Crippen MR) is 99.5 cm³/mol. The molecule has 0 fully saturated rings. The molecular formula is C17H14FN3OS2. The van der Waals surface area contributed by atoms with Crippen molar-refractivity contribution in [3.63, 3.8) is 0 Å². The molecule has 2 N–H and O–H groups in total. The highest BCUT2D eigenvalue weighted by molar-refractivity contribution is 8.22. The number of thioether (sulfide) groups is 1. The standard InChI is InChI=1S/C17H14FN3OS2/c18-12-7-5-11(6-8-12)9-19-17(23)24-10-15-20-14-4-2-1-3-13(14)16(22)21-15/h1-8H,9-10H2,(H,19,23)(H,20,21,22). The van der Waals surface area contributed by atoms with Crippen LogP contribution in [0.4, 0.5) is 4.39 Å². The van der Waals surface area contributed by atoms with Crippen LogP contribution in [0.25, 0.3) is 10.9 Å². The van der Waals surface area contributed by atoms with Crippen LogP contribution in [-0.4, -0.2) is 14.3 Å². The SMILES string of the molecule is O=c1[nH]c(CSC(=S)NCc2ccc(F)cc2)nc2ccccc12. The third-order valence-corrected chi connectivity index (χ3v) is 4.67. The second-order valence-electron chi connectivity index (χ2n) is 5.09. The van der Waals surface area contributed by atoms with E-state index in [0.29, 0.717) is 33.3 Å². The summed E-state index contributed by atoms with van der Waals surface area (Å²) < 4.78 is 13.4. The average molecular weight is 359 g/mol. The van der Waals surface area contributed by atoms with E-state index in [9.17, 15) is 9.18 Å². The van der Waals surface area contributed by atoms with Crippen molar-refractivity contribution in [3.8, 4) is 0 Å². The summed E-state index contributed by atoms with van der Waals surface area (Å²) in [6, 6.07) is 13.4. The monoisotopic (exact) mass is 359 g/mol. The maximum Gasteiger partial charge on any atom is 0.258 e. The molecule has 7 heteroatoms. The number of nitrogens with one attached hydrogen (secondary N) is 2. The Balaban J connectivity index is 1.58. The number of thiocarbonyl (C=S) groups is 1. The van der Waals surface area contributed by atoms with Crippen molar-refractivity contribution >= 4 is 39.2 Å². The molecular weight excluding hydrogens is 345 g/mol. The lowest BCUT2D eigenvalue weighted by atomic mass is 10.2. The third-order valence-electron chi connectivity index (χ3n) is 3.35. The van der Waals surface area contributed by atoms with Crippen LogP contribution in [0, 0.1) is 5.82 Å². The van der Waals surface area contributed by atoms with Crippen LogP contribution in [0.15, 0.2) is 53.3 Å². The van der Waals surface area contributed by atoms with Crippen LogP contribution in [-0.2, 0) is 12.3 Å². The molecule has 0 aliphatic rings. The minimum Gasteiger partial charge on any atom is -0.367 e. The topological polar surface area (TPSA) is 57.8 Å². The van der Waals surface area contributed by atoms with Crippen LogP contribution in [0.1, 0.15) is 11.4 Å². The molecule has 0 atom stereocenters. The molecule has 2 aromatic carbocycles. The fourth-order valence-electron chi connectivity index (χ4n) is 2.16. The molecule has 0 saturated heterocycles. The van der Waals surface area contributed by atoms with E-state index in [1.807, 2.05) is 18.2 Å². The number of hydrogen-bond acceptors (Lipinski definition) is 4. The summed E-state index contributed by atoms with van der Waals surface area (Å²) in [4.78, 5) is 19.2. The Morgan fingerprint density at radius 1 is 1.21 bits per heavy atom. The molecule has 122 valence electrons. The first-order valence-corrected chi connectivity index (χ1v) is 8.64. The van der Waals surface area contributed by atoms with Crippen molar-refractivity contribution in [1.82, 2.24) is 15.3 Å². The number of benzene rings is 2. The van der Waals surface area contributed by atoms with Crippen LogP contribution < -0.4 is 10.9 Å². The Kier molecular flexibility index (Phi) is 5.22. The van der Waals surface area contributed by atoms with Gasteiger partial charge in [0.25, 0.3) is 5.56 Å². The van der Waals surface area contributed by atoms with Crippen LogP contribution in [0.3, 0.4) is 0 Å². The zero-order valence-corrected chi connectivity index (χ0v) is 14.2. The van der Waals surface area contributed by atoms with Gasteiger partial charge in [0.1, 0.15) is 16.0 Å². The number of rotatable bonds is 4. The van der Waals surface area contributed by atoms with Crippen LogP contribution >= 0.6 is 24.0 Å². The fourth-order valence-corrected chi connectivity index (χ4v) is 2.99. The van der Waals surface area contributed by atoms with E-state index in [2.05, 4.69) is 15.3 Å². The molecule has 0 spiro atoms. The molecule has 0 aliphatic heterocycles. The number of aromatic nitrogens is 2. The van der Waals surface area contributed by atoms with Gasteiger partial charge in [-0.3, -0.25) is 4.79 Å². The highest BCUT2D eigenvalue weighted by atomic mass is 32.2. The molecule has 0 unspecified atom stereocenters. The Hall–Kier alpha value is -2.25. The number of fused-ring (bicyclic) bond motifs is 1. The number of H-pyrrole nitrogens is 1.